The molecule has 0 spiro atoms. The molecule has 2 N–H and O–H groups in total. The molecule has 0 aliphatic heterocycles. The molecule has 0 unspecified atom stereocenters. The van der Waals surface area contributed by atoms with Gasteiger partial charge in [-0.05, 0) is 18.6 Å². The van der Waals surface area contributed by atoms with Crippen LogP contribution in [0.3, 0.4) is 0 Å². The van der Waals surface area contributed by atoms with Crippen LogP contribution in [0, 0.1) is 6.92 Å². The lowest BCUT2D eigenvalue weighted by Gasteiger charge is -2.04. The van der Waals surface area contributed by atoms with Crippen LogP contribution in [0.4, 0.5) is 0 Å². The van der Waals surface area contributed by atoms with Gasteiger partial charge in [0.05, 0.1) is 21.4 Å². The van der Waals surface area contributed by atoms with Crippen molar-refractivity contribution in [3.8, 4) is 0 Å². The number of hydrogen-bond acceptors (Lipinski definition) is 2. The predicted octanol–water partition coefficient (Wildman–Crippen LogP) is 4.00. The Labute approximate surface area is 133 Å². The summed E-state index contributed by atoms with van der Waals surface area (Å²) in [6.07, 6.45) is 2.53. The van der Waals surface area contributed by atoms with E-state index >= 15 is 0 Å². The highest BCUT2D eigenvalue weighted by Gasteiger charge is 2.14. The Morgan fingerprint density at radius 3 is 2.57 bits per heavy atom. The van der Waals surface area contributed by atoms with E-state index in [0.29, 0.717) is 22.2 Å². The van der Waals surface area contributed by atoms with Crippen molar-refractivity contribution in [2.45, 2.75) is 19.9 Å². The minimum absolute atomic E-state index is 0.388. The van der Waals surface area contributed by atoms with Gasteiger partial charge in [0, 0.05) is 19.2 Å². The maximum Gasteiger partial charge on any atom is 0.156 e. The van der Waals surface area contributed by atoms with E-state index in [4.69, 9.17) is 28.9 Å². The Balaban J connectivity index is 2.09. The van der Waals surface area contributed by atoms with Crippen LogP contribution in [0.1, 0.15) is 22.5 Å². The molecule has 0 aliphatic carbocycles. The number of halogens is 2. The number of pyridine rings is 1. The van der Waals surface area contributed by atoms with Crippen LogP contribution in [-0.2, 0) is 13.0 Å². The Kier molecular flexibility index (Phi) is 3.89. The number of aromatic nitrogens is 2. The van der Waals surface area contributed by atoms with E-state index in [9.17, 15) is 0 Å². The van der Waals surface area contributed by atoms with E-state index in [-0.39, 0.29) is 0 Å². The number of hydrogen-bond donors (Lipinski definition) is 1. The third kappa shape index (κ3) is 2.77. The molecule has 5 heteroatoms. The maximum absolute atomic E-state index is 6.22. The monoisotopic (exact) mass is 319 g/mol. The standard InChI is InChI=1S/C16H15Cl2N3/c1-10-2-4-11(5-3-10)6-14-15(8-19)21-9-12(17)7-13(18)16(21)20-14/h2-5,7,9H,6,8,19H2,1H3. The zero-order chi connectivity index (χ0) is 15.0. The van der Waals surface area contributed by atoms with Gasteiger partial charge in [-0.2, -0.15) is 0 Å². The topological polar surface area (TPSA) is 43.3 Å². The fourth-order valence-corrected chi connectivity index (χ4v) is 2.94. The Bertz CT molecular complexity index is 791. The van der Waals surface area contributed by atoms with Crippen LogP contribution < -0.4 is 5.73 Å². The Morgan fingerprint density at radius 1 is 1.19 bits per heavy atom. The number of nitrogens with two attached hydrogens (primary N) is 1. The van der Waals surface area contributed by atoms with Crippen LogP contribution in [0.5, 0.6) is 0 Å². The number of imidazole rings is 1. The molecular formula is C16H15Cl2N3. The summed E-state index contributed by atoms with van der Waals surface area (Å²) >= 11 is 12.3. The highest BCUT2D eigenvalue weighted by atomic mass is 35.5. The van der Waals surface area contributed by atoms with Crippen molar-refractivity contribution in [2.75, 3.05) is 0 Å². The van der Waals surface area contributed by atoms with Crippen LogP contribution in [0.25, 0.3) is 5.65 Å². The lowest BCUT2D eigenvalue weighted by atomic mass is 10.1. The van der Waals surface area contributed by atoms with Gasteiger partial charge in [-0.15, -0.1) is 0 Å². The SMILES string of the molecule is Cc1ccc(Cc2nc3c(Cl)cc(Cl)cn3c2CN)cc1. The summed E-state index contributed by atoms with van der Waals surface area (Å²) in [5.41, 5.74) is 10.9. The molecular weight excluding hydrogens is 305 g/mol. The van der Waals surface area contributed by atoms with E-state index in [1.165, 1.54) is 11.1 Å². The van der Waals surface area contributed by atoms with Crippen molar-refractivity contribution in [1.82, 2.24) is 9.38 Å². The lowest BCUT2D eigenvalue weighted by molar-refractivity contribution is 0.925. The first-order chi connectivity index (χ1) is 10.1. The van der Waals surface area contributed by atoms with Crippen LogP contribution in [0.15, 0.2) is 36.5 Å². The molecule has 0 bridgehead atoms. The van der Waals surface area contributed by atoms with Gasteiger partial charge in [0.25, 0.3) is 0 Å². The molecule has 2 heterocycles. The van der Waals surface area contributed by atoms with Gasteiger partial charge in [0.1, 0.15) is 0 Å². The van der Waals surface area contributed by atoms with Crippen LogP contribution >= 0.6 is 23.2 Å². The average Bonchev–Trinajstić information content (AvgIpc) is 2.79. The quantitative estimate of drug-likeness (QED) is 0.793. The summed E-state index contributed by atoms with van der Waals surface area (Å²) in [6.45, 7) is 2.46. The molecule has 1 aromatic carbocycles. The zero-order valence-electron chi connectivity index (χ0n) is 11.6. The van der Waals surface area contributed by atoms with E-state index < -0.39 is 0 Å². The molecule has 2 aromatic heterocycles. The van der Waals surface area contributed by atoms with E-state index in [1.54, 1.807) is 12.3 Å². The second kappa shape index (κ2) is 5.68. The van der Waals surface area contributed by atoms with Crippen molar-refractivity contribution in [3.05, 3.63) is 69.1 Å². The zero-order valence-corrected chi connectivity index (χ0v) is 13.1. The third-order valence-corrected chi connectivity index (χ3v) is 3.99. The largest absolute Gasteiger partial charge is 0.325 e. The van der Waals surface area contributed by atoms with Crippen molar-refractivity contribution in [2.24, 2.45) is 5.73 Å². The van der Waals surface area contributed by atoms with Gasteiger partial charge in [0.15, 0.2) is 5.65 Å². The summed E-state index contributed by atoms with van der Waals surface area (Å²) < 4.78 is 1.88. The molecule has 0 atom stereocenters. The van der Waals surface area contributed by atoms with Crippen molar-refractivity contribution in [3.63, 3.8) is 0 Å². The minimum atomic E-state index is 0.388. The summed E-state index contributed by atoms with van der Waals surface area (Å²) in [6, 6.07) is 10.1. The first-order valence-electron chi connectivity index (χ1n) is 6.69. The summed E-state index contributed by atoms with van der Waals surface area (Å²) in [4.78, 5) is 4.63. The third-order valence-electron chi connectivity index (χ3n) is 3.51. The number of fused-ring (bicyclic) bond motifs is 1. The molecule has 108 valence electrons. The van der Waals surface area contributed by atoms with Gasteiger partial charge in [0.2, 0.25) is 0 Å². The highest BCUT2D eigenvalue weighted by molar-refractivity contribution is 6.36. The number of nitrogens with zero attached hydrogens (tertiary/aromatic N) is 2. The van der Waals surface area contributed by atoms with Crippen molar-refractivity contribution < 1.29 is 0 Å². The lowest BCUT2D eigenvalue weighted by Crippen LogP contribution is -2.04. The number of benzene rings is 1. The second-order valence-electron chi connectivity index (χ2n) is 5.07. The first-order valence-corrected chi connectivity index (χ1v) is 7.44. The van der Waals surface area contributed by atoms with E-state index in [0.717, 1.165) is 17.8 Å². The molecule has 0 saturated carbocycles. The van der Waals surface area contributed by atoms with Gasteiger partial charge < -0.3 is 5.73 Å². The van der Waals surface area contributed by atoms with E-state index in [1.807, 2.05) is 4.40 Å². The first kappa shape index (κ1) is 14.4. The van der Waals surface area contributed by atoms with Gasteiger partial charge in [-0.1, -0.05) is 53.0 Å². The molecule has 0 fully saturated rings. The predicted molar refractivity (Wildman–Crippen MR) is 87.1 cm³/mol. The number of rotatable bonds is 3. The van der Waals surface area contributed by atoms with Crippen LogP contribution in [0.2, 0.25) is 10.0 Å². The van der Waals surface area contributed by atoms with Crippen molar-refractivity contribution >= 4 is 28.8 Å². The molecule has 0 amide bonds. The average molecular weight is 320 g/mol. The van der Waals surface area contributed by atoms with Gasteiger partial charge in [-0.25, -0.2) is 4.98 Å². The summed E-state index contributed by atoms with van der Waals surface area (Å²) in [5.74, 6) is 0. The molecule has 3 rings (SSSR count). The van der Waals surface area contributed by atoms with Crippen molar-refractivity contribution in [1.29, 1.82) is 0 Å². The smallest absolute Gasteiger partial charge is 0.156 e. The molecule has 0 aliphatic rings. The fourth-order valence-electron chi connectivity index (χ4n) is 2.42. The molecule has 3 nitrogen and oxygen atoms in total. The summed E-state index contributed by atoms with van der Waals surface area (Å²) in [7, 11) is 0. The Hall–Kier alpha value is -1.55. The molecule has 0 saturated heterocycles. The summed E-state index contributed by atoms with van der Waals surface area (Å²) in [5, 5.41) is 1.11. The maximum atomic E-state index is 6.22. The molecule has 0 radical (unpaired) electrons. The Morgan fingerprint density at radius 2 is 1.90 bits per heavy atom. The van der Waals surface area contributed by atoms with E-state index in [2.05, 4.69) is 36.2 Å². The minimum Gasteiger partial charge on any atom is -0.325 e. The molecule has 21 heavy (non-hydrogen) atoms. The van der Waals surface area contributed by atoms with Crippen LogP contribution in [-0.4, -0.2) is 9.38 Å². The van der Waals surface area contributed by atoms with Gasteiger partial charge >= 0.3 is 0 Å². The number of aryl methyl sites for hydroxylation is 1. The normalized spacial score (nSPS) is 11.2. The fraction of sp³-hybridized carbons (Fsp3) is 0.188. The van der Waals surface area contributed by atoms with Gasteiger partial charge in [-0.3, -0.25) is 4.40 Å². The molecule has 3 aromatic rings. The highest BCUT2D eigenvalue weighted by Crippen LogP contribution is 2.25. The second-order valence-corrected chi connectivity index (χ2v) is 5.92.